The molecule has 0 aromatic carbocycles. The van der Waals surface area contributed by atoms with E-state index in [0.29, 0.717) is 25.3 Å². The Kier molecular flexibility index (Phi) is 6.47. The molecule has 0 spiro atoms. The number of aliphatic carboxylic acids is 1. The van der Waals surface area contributed by atoms with Gasteiger partial charge in [-0.2, -0.15) is 13.2 Å². The summed E-state index contributed by atoms with van der Waals surface area (Å²) in [6, 6.07) is 3.72. The zero-order valence-corrected chi connectivity index (χ0v) is 16.1. The van der Waals surface area contributed by atoms with Crippen molar-refractivity contribution in [1.82, 2.24) is 19.9 Å². The number of aromatic nitrogens is 3. The molecule has 2 aromatic heterocycles. The molecular formula is C19H18F3N5O4. The van der Waals surface area contributed by atoms with E-state index in [1.165, 1.54) is 18.6 Å². The Bertz CT molecular complexity index is 943. The number of pyridine rings is 1. The number of rotatable bonds is 2. The van der Waals surface area contributed by atoms with Crippen LogP contribution in [0.2, 0.25) is 0 Å². The number of halogens is 3. The van der Waals surface area contributed by atoms with Crippen LogP contribution < -0.4 is 4.90 Å². The fraction of sp³-hybridized carbons (Fsp3) is 0.368. The molecule has 2 aliphatic rings. The maximum atomic E-state index is 12.8. The van der Waals surface area contributed by atoms with E-state index in [1.54, 1.807) is 22.2 Å². The maximum Gasteiger partial charge on any atom is 0.490 e. The molecular weight excluding hydrogens is 419 g/mol. The normalized spacial score (nSPS) is 20.5. The van der Waals surface area contributed by atoms with Crippen LogP contribution in [0.1, 0.15) is 16.9 Å². The number of fused-ring (bicyclic) bond motifs is 1. The molecule has 1 N–H and O–H groups in total. The highest BCUT2D eigenvalue weighted by Crippen LogP contribution is 2.34. The van der Waals surface area contributed by atoms with Crippen LogP contribution in [0.25, 0.3) is 0 Å². The number of hydrogen-bond acceptors (Lipinski definition) is 6. The van der Waals surface area contributed by atoms with Gasteiger partial charge in [-0.3, -0.25) is 19.6 Å². The maximum absolute atomic E-state index is 12.8. The number of nitrogens with zero attached hydrogens (tertiary/aromatic N) is 5. The van der Waals surface area contributed by atoms with Crippen molar-refractivity contribution in [1.29, 1.82) is 0 Å². The van der Waals surface area contributed by atoms with Crippen molar-refractivity contribution < 1.29 is 32.7 Å². The van der Waals surface area contributed by atoms with Gasteiger partial charge in [0.2, 0.25) is 5.91 Å². The number of carboxylic acid groups (broad SMARTS) is 1. The number of likely N-dealkylation sites (tertiary alicyclic amines) is 1. The third kappa shape index (κ3) is 5.13. The lowest BCUT2D eigenvalue weighted by Gasteiger charge is -2.33. The number of alkyl halides is 3. The molecule has 0 radical (unpaired) electrons. The molecule has 9 nitrogen and oxygen atoms in total. The third-order valence-electron chi connectivity index (χ3n) is 5.02. The molecule has 164 valence electrons. The van der Waals surface area contributed by atoms with Crippen LogP contribution in [0.5, 0.6) is 0 Å². The van der Waals surface area contributed by atoms with Crippen molar-refractivity contribution in [2.45, 2.75) is 12.6 Å². The molecule has 2 fully saturated rings. The number of piperidine rings is 1. The van der Waals surface area contributed by atoms with Crippen molar-refractivity contribution in [2.24, 2.45) is 11.8 Å². The molecule has 2 aliphatic heterocycles. The van der Waals surface area contributed by atoms with Gasteiger partial charge in [-0.05, 0) is 24.5 Å². The van der Waals surface area contributed by atoms with E-state index in [2.05, 4.69) is 15.0 Å². The summed E-state index contributed by atoms with van der Waals surface area (Å²) < 4.78 is 31.7. The minimum absolute atomic E-state index is 0.0775. The van der Waals surface area contributed by atoms with Crippen molar-refractivity contribution in [3.63, 3.8) is 0 Å². The molecule has 0 saturated carbocycles. The van der Waals surface area contributed by atoms with E-state index in [-0.39, 0.29) is 23.7 Å². The zero-order chi connectivity index (χ0) is 22.6. The summed E-state index contributed by atoms with van der Waals surface area (Å²) in [6.07, 6.45) is 3.71. The quantitative estimate of drug-likeness (QED) is 0.759. The molecule has 4 rings (SSSR count). The minimum Gasteiger partial charge on any atom is -0.475 e. The van der Waals surface area contributed by atoms with E-state index in [0.717, 1.165) is 12.1 Å². The van der Waals surface area contributed by atoms with Crippen LogP contribution in [-0.2, 0) is 9.59 Å². The number of hydrogen-bond donors (Lipinski definition) is 1. The monoisotopic (exact) mass is 437 g/mol. The lowest BCUT2D eigenvalue weighted by Crippen LogP contribution is -2.45. The van der Waals surface area contributed by atoms with Crippen LogP contribution in [-0.4, -0.2) is 68.6 Å². The lowest BCUT2D eigenvalue weighted by molar-refractivity contribution is -0.192. The third-order valence-corrected chi connectivity index (χ3v) is 5.02. The first-order chi connectivity index (χ1) is 14.7. The molecule has 31 heavy (non-hydrogen) atoms. The SMILES string of the molecule is O=C(O)C(F)(F)F.O=C(c1cnccn1)N1CC2CCN(c3cccnc3)C(=O)C2C1. The standard InChI is InChI=1S/C17H17N5O2.C2HF3O2/c23-16-14-11-21(17(24)15-9-19-5-6-20-15)10-12(14)3-7-22(16)13-2-1-4-18-8-13;3-2(4,5)1(6)7/h1-2,4-6,8-9,12,14H,3,7,10-11H2;(H,6,7). The summed E-state index contributed by atoms with van der Waals surface area (Å²) in [6.45, 7) is 1.71. The number of carboxylic acids is 1. The Morgan fingerprint density at radius 3 is 2.39 bits per heavy atom. The zero-order valence-electron chi connectivity index (χ0n) is 16.1. The Morgan fingerprint density at radius 2 is 1.81 bits per heavy atom. The van der Waals surface area contributed by atoms with E-state index in [9.17, 15) is 22.8 Å². The molecule has 12 heteroatoms. The van der Waals surface area contributed by atoms with Crippen molar-refractivity contribution in [3.05, 3.63) is 48.8 Å². The summed E-state index contributed by atoms with van der Waals surface area (Å²) >= 11 is 0. The van der Waals surface area contributed by atoms with Gasteiger partial charge in [0.1, 0.15) is 5.69 Å². The number of carbonyl (C=O) groups is 3. The van der Waals surface area contributed by atoms with E-state index in [4.69, 9.17) is 9.90 Å². The molecule has 2 unspecified atom stereocenters. The number of anilines is 1. The summed E-state index contributed by atoms with van der Waals surface area (Å²) in [5.74, 6) is -2.77. The highest BCUT2D eigenvalue weighted by Gasteiger charge is 2.45. The second kappa shape index (κ2) is 9.06. The number of amides is 2. The van der Waals surface area contributed by atoms with Crippen LogP contribution >= 0.6 is 0 Å². The van der Waals surface area contributed by atoms with Gasteiger partial charge in [-0.25, -0.2) is 9.78 Å². The number of carbonyl (C=O) groups excluding carboxylic acids is 2. The summed E-state index contributed by atoms with van der Waals surface area (Å²) in [5, 5.41) is 7.12. The summed E-state index contributed by atoms with van der Waals surface area (Å²) in [7, 11) is 0. The predicted molar refractivity (Wildman–Crippen MR) is 99.8 cm³/mol. The van der Waals surface area contributed by atoms with E-state index >= 15 is 0 Å². The van der Waals surface area contributed by atoms with Crippen LogP contribution in [0, 0.1) is 11.8 Å². The van der Waals surface area contributed by atoms with Crippen molar-refractivity contribution >= 4 is 23.5 Å². The van der Waals surface area contributed by atoms with Gasteiger partial charge >= 0.3 is 12.1 Å². The smallest absolute Gasteiger partial charge is 0.475 e. The van der Waals surface area contributed by atoms with E-state index in [1.807, 2.05) is 12.1 Å². The Balaban J connectivity index is 0.000000339. The molecule has 2 amide bonds. The fourth-order valence-electron chi connectivity index (χ4n) is 3.56. The van der Waals surface area contributed by atoms with Crippen LogP contribution in [0.3, 0.4) is 0 Å². The largest absolute Gasteiger partial charge is 0.490 e. The molecule has 0 bridgehead atoms. The Morgan fingerprint density at radius 1 is 1.10 bits per heavy atom. The predicted octanol–water partition coefficient (Wildman–Crippen LogP) is 1.63. The summed E-state index contributed by atoms with van der Waals surface area (Å²) in [4.78, 5) is 49.9. The molecule has 2 saturated heterocycles. The molecule has 4 heterocycles. The second-order valence-corrected chi connectivity index (χ2v) is 6.96. The summed E-state index contributed by atoms with van der Waals surface area (Å²) in [5.41, 5.74) is 1.15. The van der Waals surface area contributed by atoms with Gasteiger partial charge in [-0.15, -0.1) is 0 Å². The van der Waals surface area contributed by atoms with Gasteiger partial charge in [-0.1, -0.05) is 0 Å². The Hall–Kier alpha value is -3.57. The molecule has 2 atom stereocenters. The highest BCUT2D eigenvalue weighted by atomic mass is 19.4. The first-order valence-corrected chi connectivity index (χ1v) is 9.25. The first-order valence-electron chi connectivity index (χ1n) is 9.25. The molecule has 0 aliphatic carbocycles. The van der Waals surface area contributed by atoms with E-state index < -0.39 is 12.1 Å². The van der Waals surface area contributed by atoms with Gasteiger partial charge in [0.15, 0.2) is 0 Å². The van der Waals surface area contributed by atoms with Crippen LogP contribution in [0.4, 0.5) is 18.9 Å². The fourth-order valence-corrected chi connectivity index (χ4v) is 3.56. The van der Waals surface area contributed by atoms with Crippen LogP contribution in [0.15, 0.2) is 43.1 Å². The lowest BCUT2D eigenvalue weighted by atomic mass is 9.88. The first kappa shape index (κ1) is 22.1. The van der Waals surface area contributed by atoms with Gasteiger partial charge in [0, 0.05) is 38.2 Å². The van der Waals surface area contributed by atoms with Gasteiger partial charge in [0.25, 0.3) is 5.91 Å². The van der Waals surface area contributed by atoms with Gasteiger partial charge in [0.05, 0.1) is 24.0 Å². The van der Waals surface area contributed by atoms with Crippen molar-refractivity contribution in [3.8, 4) is 0 Å². The second-order valence-electron chi connectivity index (χ2n) is 6.96. The molecule has 2 aromatic rings. The average molecular weight is 437 g/mol. The van der Waals surface area contributed by atoms with Gasteiger partial charge < -0.3 is 14.9 Å². The minimum atomic E-state index is -5.08. The highest BCUT2D eigenvalue weighted by molar-refractivity contribution is 5.98. The average Bonchev–Trinajstić information content (AvgIpc) is 3.20. The Labute approximate surface area is 174 Å². The van der Waals surface area contributed by atoms with Crippen molar-refractivity contribution in [2.75, 3.05) is 24.5 Å². The topological polar surface area (TPSA) is 117 Å².